The summed E-state index contributed by atoms with van der Waals surface area (Å²) in [6.07, 6.45) is 5.06. The van der Waals surface area contributed by atoms with Gasteiger partial charge in [0.05, 0.1) is 12.4 Å². The number of anilines is 1. The monoisotopic (exact) mass is 300 g/mol. The molecule has 2 N–H and O–H groups in total. The van der Waals surface area contributed by atoms with E-state index >= 15 is 0 Å². The third-order valence-corrected chi connectivity index (χ3v) is 5.01. The molecule has 0 saturated carbocycles. The molecule has 0 aromatic carbocycles. The van der Waals surface area contributed by atoms with Crippen molar-refractivity contribution < 1.29 is 8.42 Å². The van der Waals surface area contributed by atoms with Gasteiger partial charge in [0.2, 0.25) is 16.0 Å². The van der Waals surface area contributed by atoms with Crippen LogP contribution in [0.25, 0.3) is 0 Å². The number of nitrogens with one attached hydrogen (secondary N) is 2. The Hall–Kier alpha value is -1.21. The molecule has 1 heterocycles. The van der Waals surface area contributed by atoms with Crippen LogP contribution in [0, 0.1) is 0 Å². The van der Waals surface area contributed by atoms with Gasteiger partial charge in [-0.05, 0) is 26.2 Å². The average Bonchev–Trinajstić information content (AvgIpc) is 2.45. The van der Waals surface area contributed by atoms with E-state index in [0.29, 0.717) is 5.95 Å². The summed E-state index contributed by atoms with van der Waals surface area (Å²) < 4.78 is 27.3. The molecule has 0 atom stereocenters. The highest BCUT2D eigenvalue weighted by Gasteiger charge is 2.27. The van der Waals surface area contributed by atoms with Crippen molar-refractivity contribution in [2.24, 2.45) is 0 Å². The summed E-state index contributed by atoms with van der Waals surface area (Å²) in [5.74, 6) is 0.444. The fraction of sp³-hybridized carbons (Fsp3) is 0.692. The normalized spacial score (nSPS) is 12.4. The minimum absolute atomic E-state index is 0.0904. The summed E-state index contributed by atoms with van der Waals surface area (Å²) >= 11 is 0. The maximum Gasteiger partial charge on any atom is 0.244 e. The maximum atomic E-state index is 12.3. The molecular weight excluding hydrogens is 276 g/mol. The van der Waals surface area contributed by atoms with Crippen molar-refractivity contribution in [2.75, 3.05) is 11.9 Å². The Morgan fingerprint density at radius 3 is 2.15 bits per heavy atom. The molecule has 0 bridgehead atoms. The average molecular weight is 300 g/mol. The fourth-order valence-corrected chi connectivity index (χ4v) is 3.00. The second-order valence-corrected chi connectivity index (χ2v) is 6.72. The smallest absolute Gasteiger partial charge is 0.244 e. The van der Waals surface area contributed by atoms with Crippen molar-refractivity contribution in [1.29, 1.82) is 0 Å². The predicted molar refractivity (Wildman–Crippen MR) is 80.1 cm³/mol. The summed E-state index contributed by atoms with van der Waals surface area (Å²) in [7, 11) is -3.58. The standard InChI is InChI=1S/C13H24N4O2S/c1-5-8-14-12-15-9-11(10-16-12)20(18,19)17-13(4,6-2)7-3/h9-10,17H,5-8H2,1-4H3,(H,14,15,16). The van der Waals surface area contributed by atoms with Gasteiger partial charge in [-0.15, -0.1) is 0 Å². The topological polar surface area (TPSA) is 84.0 Å². The summed E-state index contributed by atoms with van der Waals surface area (Å²) in [5, 5.41) is 3.01. The van der Waals surface area contributed by atoms with Crippen molar-refractivity contribution in [2.45, 2.75) is 57.4 Å². The minimum atomic E-state index is -3.58. The van der Waals surface area contributed by atoms with Gasteiger partial charge in [0, 0.05) is 12.1 Å². The Balaban J connectivity index is 2.88. The Morgan fingerprint density at radius 1 is 1.15 bits per heavy atom. The number of hydrogen-bond acceptors (Lipinski definition) is 5. The molecule has 0 aliphatic heterocycles. The molecule has 0 radical (unpaired) electrons. The van der Waals surface area contributed by atoms with E-state index in [0.717, 1.165) is 25.8 Å². The molecule has 7 heteroatoms. The molecule has 114 valence electrons. The first-order valence-electron chi connectivity index (χ1n) is 6.96. The quantitative estimate of drug-likeness (QED) is 0.768. The molecule has 0 unspecified atom stereocenters. The van der Waals surface area contributed by atoms with Crippen LogP contribution in [0.3, 0.4) is 0 Å². The third-order valence-electron chi connectivity index (χ3n) is 3.41. The Bertz CT molecular complexity index is 510. The highest BCUT2D eigenvalue weighted by molar-refractivity contribution is 7.89. The predicted octanol–water partition coefficient (Wildman–Crippen LogP) is 2.16. The van der Waals surface area contributed by atoms with Crippen molar-refractivity contribution in [1.82, 2.24) is 14.7 Å². The molecule has 1 aromatic heterocycles. The highest BCUT2D eigenvalue weighted by Crippen LogP contribution is 2.18. The van der Waals surface area contributed by atoms with Crippen LogP contribution in [0.4, 0.5) is 5.95 Å². The summed E-state index contributed by atoms with van der Waals surface area (Å²) in [6, 6.07) is 0. The third kappa shape index (κ3) is 4.42. The van der Waals surface area contributed by atoms with E-state index in [2.05, 4.69) is 20.0 Å². The van der Waals surface area contributed by atoms with E-state index in [1.807, 2.05) is 27.7 Å². The van der Waals surface area contributed by atoms with Crippen LogP contribution in [0.2, 0.25) is 0 Å². The lowest BCUT2D eigenvalue weighted by molar-refractivity contribution is 0.388. The fourth-order valence-electron chi connectivity index (χ4n) is 1.56. The zero-order chi connectivity index (χ0) is 15.2. The lowest BCUT2D eigenvalue weighted by Crippen LogP contribution is -2.44. The van der Waals surface area contributed by atoms with Gasteiger partial charge in [-0.2, -0.15) is 0 Å². The van der Waals surface area contributed by atoms with Crippen LogP contribution in [-0.2, 0) is 10.0 Å². The van der Waals surface area contributed by atoms with Crippen LogP contribution < -0.4 is 10.0 Å². The van der Waals surface area contributed by atoms with Crippen LogP contribution in [0.1, 0.15) is 47.0 Å². The van der Waals surface area contributed by atoms with Gasteiger partial charge in [-0.3, -0.25) is 0 Å². The number of rotatable bonds is 8. The van der Waals surface area contributed by atoms with E-state index in [9.17, 15) is 8.42 Å². The van der Waals surface area contributed by atoms with Gasteiger partial charge in [-0.25, -0.2) is 23.1 Å². The first-order valence-corrected chi connectivity index (χ1v) is 8.45. The van der Waals surface area contributed by atoms with E-state index < -0.39 is 15.6 Å². The van der Waals surface area contributed by atoms with Gasteiger partial charge in [0.25, 0.3) is 0 Å². The molecule has 1 rings (SSSR count). The Morgan fingerprint density at radius 2 is 1.70 bits per heavy atom. The van der Waals surface area contributed by atoms with Gasteiger partial charge >= 0.3 is 0 Å². The summed E-state index contributed by atoms with van der Waals surface area (Å²) in [4.78, 5) is 8.14. The summed E-state index contributed by atoms with van der Waals surface area (Å²) in [5.41, 5.74) is -0.446. The highest BCUT2D eigenvalue weighted by atomic mass is 32.2. The molecule has 0 aliphatic rings. The molecule has 0 saturated heterocycles. The molecule has 20 heavy (non-hydrogen) atoms. The lowest BCUT2D eigenvalue weighted by atomic mass is 9.98. The molecule has 6 nitrogen and oxygen atoms in total. The molecule has 0 spiro atoms. The van der Waals surface area contributed by atoms with E-state index in [1.165, 1.54) is 12.4 Å². The second-order valence-electron chi connectivity index (χ2n) is 5.04. The zero-order valence-electron chi connectivity index (χ0n) is 12.6. The van der Waals surface area contributed by atoms with Crippen molar-refractivity contribution in [3.05, 3.63) is 12.4 Å². The van der Waals surface area contributed by atoms with Crippen LogP contribution in [0.5, 0.6) is 0 Å². The van der Waals surface area contributed by atoms with Gasteiger partial charge in [-0.1, -0.05) is 20.8 Å². The van der Waals surface area contributed by atoms with E-state index in [1.54, 1.807) is 0 Å². The Labute approximate surface area is 121 Å². The van der Waals surface area contributed by atoms with Gasteiger partial charge < -0.3 is 5.32 Å². The minimum Gasteiger partial charge on any atom is -0.354 e. The van der Waals surface area contributed by atoms with Crippen molar-refractivity contribution >= 4 is 16.0 Å². The zero-order valence-corrected chi connectivity index (χ0v) is 13.4. The van der Waals surface area contributed by atoms with Crippen LogP contribution in [-0.4, -0.2) is 30.5 Å². The van der Waals surface area contributed by atoms with Gasteiger partial charge in [0.1, 0.15) is 4.90 Å². The summed E-state index contributed by atoms with van der Waals surface area (Å²) in [6.45, 7) is 8.60. The number of aromatic nitrogens is 2. The molecule has 1 aromatic rings. The molecular formula is C13H24N4O2S. The van der Waals surface area contributed by atoms with Crippen molar-refractivity contribution in [3.63, 3.8) is 0 Å². The first-order chi connectivity index (χ1) is 9.37. The van der Waals surface area contributed by atoms with Crippen LogP contribution in [0.15, 0.2) is 17.3 Å². The molecule has 0 amide bonds. The molecule has 0 aliphatic carbocycles. The van der Waals surface area contributed by atoms with E-state index in [-0.39, 0.29) is 4.90 Å². The van der Waals surface area contributed by atoms with Crippen LogP contribution >= 0.6 is 0 Å². The van der Waals surface area contributed by atoms with Gasteiger partial charge in [0.15, 0.2) is 0 Å². The molecule has 0 fully saturated rings. The van der Waals surface area contributed by atoms with E-state index in [4.69, 9.17) is 0 Å². The first kappa shape index (κ1) is 16.8. The maximum absolute atomic E-state index is 12.3. The van der Waals surface area contributed by atoms with Crippen molar-refractivity contribution in [3.8, 4) is 0 Å². The largest absolute Gasteiger partial charge is 0.354 e. The number of hydrogen-bond donors (Lipinski definition) is 2. The number of sulfonamides is 1. The number of nitrogens with zero attached hydrogens (tertiary/aromatic N) is 2. The SMILES string of the molecule is CCCNc1ncc(S(=O)(=O)NC(C)(CC)CC)cn1. The Kier molecular flexibility index (Phi) is 5.88. The lowest BCUT2D eigenvalue weighted by Gasteiger charge is -2.27. The second kappa shape index (κ2) is 6.99.